The van der Waals surface area contributed by atoms with Gasteiger partial charge in [-0.3, -0.25) is 14.4 Å². The fraction of sp³-hybridized carbons (Fsp3) is 0.273. The van der Waals surface area contributed by atoms with Crippen molar-refractivity contribution in [2.75, 3.05) is 37.7 Å². The average molecular weight is 423 g/mol. The number of hydrogen-bond donors (Lipinski definition) is 0. The second-order valence-corrected chi connectivity index (χ2v) is 7.03. The van der Waals surface area contributed by atoms with Crippen LogP contribution in [0.5, 0.6) is 0 Å². The number of carbonyl (C=O) groups is 4. The second-order valence-electron chi connectivity index (χ2n) is 7.03. The summed E-state index contributed by atoms with van der Waals surface area (Å²) in [5.74, 6) is -1.26. The van der Waals surface area contributed by atoms with E-state index < -0.39 is 17.8 Å². The zero-order chi connectivity index (χ0) is 22.0. The molecule has 2 aromatic rings. The van der Waals surface area contributed by atoms with E-state index in [1.54, 1.807) is 41.0 Å². The molecule has 1 saturated heterocycles. The molecule has 0 spiro atoms. The normalized spacial score (nSPS) is 16.5. The van der Waals surface area contributed by atoms with E-state index in [2.05, 4.69) is 0 Å². The number of esters is 1. The molecule has 2 aliphatic rings. The highest BCUT2D eigenvalue weighted by Gasteiger charge is 2.37. The summed E-state index contributed by atoms with van der Waals surface area (Å²) in [5.41, 5.74) is 1.01. The number of furan rings is 1. The Morgan fingerprint density at radius 2 is 1.74 bits per heavy atom. The molecule has 9 heteroatoms. The van der Waals surface area contributed by atoms with Gasteiger partial charge in [0, 0.05) is 32.3 Å². The summed E-state index contributed by atoms with van der Waals surface area (Å²) in [5, 5.41) is 0. The van der Waals surface area contributed by atoms with Crippen molar-refractivity contribution in [1.82, 2.24) is 9.80 Å². The first kappa shape index (κ1) is 20.4. The van der Waals surface area contributed by atoms with Gasteiger partial charge in [-0.1, -0.05) is 0 Å². The minimum Gasteiger partial charge on any atom is -0.462 e. The molecule has 1 aromatic carbocycles. The summed E-state index contributed by atoms with van der Waals surface area (Å²) in [7, 11) is 0. The number of nitrogens with zero attached hydrogens (tertiary/aromatic N) is 3. The topological polar surface area (TPSA) is 100 Å². The molecule has 0 saturated carbocycles. The van der Waals surface area contributed by atoms with E-state index in [4.69, 9.17) is 9.15 Å². The van der Waals surface area contributed by atoms with Crippen LogP contribution in [0.3, 0.4) is 0 Å². The zero-order valence-corrected chi connectivity index (χ0v) is 16.9. The van der Waals surface area contributed by atoms with Gasteiger partial charge in [-0.25, -0.2) is 9.69 Å². The number of rotatable bonds is 5. The lowest BCUT2D eigenvalue weighted by atomic mass is 10.2. The lowest BCUT2D eigenvalue weighted by Crippen LogP contribution is -2.49. The number of imide groups is 1. The summed E-state index contributed by atoms with van der Waals surface area (Å²) < 4.78 is 10.1. The summed E-state index contributed by atoms with van der Waals surface area (Å²) in [6.07, 6.45) is 2.76. The predicted molar refractivity (Wildman–Crippen MR) is 109 cm³/mol. The summed E-state index contributed by atoms with van der Waals surface area (Å²) in [4.78, 5) is 54.2. The number of ether oxygens (including phenoxy) is 1. The van der Waals surface area contributed by atoms with Gasteiger partial charge in [0.2, 0.25) is 0 Å². The molecule has 3 heterocycles. The Labute approximate surface area is 178 Å². The van der Waals surface area contributed by atoms with Gasteiger partial charge < -0.3 is 19.0 Å². The van der Waals surface area contributed by atoms with Crippen LogP contribution in [-0.4, -0.2) is 66.3 Å². The van der Waals surface area contributed by atoms with E-state index in [0.717, 1.165) is 4.90 Å². The Morgan fingerprint density at radius 3 is 2.35 bits per heavy atom. The minimum atomic E-state index is -0.464. The standard InChI is InChI=1S/C22H21N3O6/c1-2-30-22(29)15-5-7-16(8-6-15)25-19(26)14-17(20(25)27)23-9-11-24(12-10-23)21(28)18-4-3-13-31-18/h3-8,13-14H,2,9-12H2,1H3. The van der Waals surface area contributed by atoms with E-state index in [1.807, 2.05) is 0 Å². The molecule has 0 atom stereocenters. The van der Waals surface area contributed by atoms with E-state index >= 15 is 0 Å². The molecule has 0 radical (unpaired) electrons. The maximum atomic E-state index is 12.9. The predicted octanol–water partition coefficient (Wildman–Crippen LogP) is 1.67. The maximum absolute atomic E-state index is 12.9. The molecule has 3 amide bonds. The molecule has 160 valence electrons. The third kappa shape index (κ3) is 3.94. The SMILES string of the molecule is CCOC(=O)c1ccc(N2C(=O)C=C(N3CCN(C(=O)c4ccco4)CC3)C2=O)cc1. The largest absolute Gasteiger partial charge is 0.462 e. The molecule has 2 aliphatic heterocycles. The molecule has 0 aliphatic carbocycles. The monoisotopic (exact) mass is 423 g/mol. The highest BCUT2D eigenvalue weighted by molar-refractivity contribution is 6.30. The molecule has 1 aromatic heterocycles. The maximum Gasteiger partial charge on any atom is 0.338 e. The molecule has 1 fully saturated rings. The molecule has 0 bridgehead atoms. The van der Waals surface area contributed by atoms with Gasteiger partial charge in [0.1, 0.15) is 5.70 Å². The Morgan fingerprint density at radius 1 is 1.03 bits per heavy atom. The highest BCUT2D eigenvalue weighted by Crippen LogP contribution is 2.26. The van der Waals surface area contributed by atoms with Gasteiger partial charge in [-0.05, 0) is 43.3 Å². The fourth-order valence-corrected chi connectivity index (χ4v) is 3.60. The van der Waals surface area contributed by atoms with Crippen molar-refractivity contribution in [2.24, 2.45) is 0 Å². The fourth-order valence-electron chi connectivity index (χ4n) is 3.60. The van der Waals surface area contributed by atoms with Crippen molar-refractivity contribution >= 4 is 29.4 Å². The third-order valence-corrected chi connectivity index (χ3v) is 5.18. The zero-order valence-electron chi connectivity index (χ0n) is 16.9. The van der Waals surface area contributed by atoms with Crippen molar-refractivity contribution < 1.29 is 28.3 Å². The van der Waals surface area contributed by atoms with Gasteiger partial charge >= 0.3 is 5.97 Å². The lowest BCUT2D eigenvalue weighted by Gasteiger charge is -2.35. The quantitative estimate of drug-likeness (QED) is 0.533. The highest BCUT2D eigenvalue weighted by atomic mass is 16.5. The Kier molecular flexibility index (Phi) is 5.57. The molecule has 4 rings (SSSR count). The molecular formula is C22H21N3O6. The molecule has 9 nitrogen and oxygen atoms in total. The average Bonchev–Trinajstić information content (AvgIpc) is 3.42. The molecule has 0 N–H and O–H groups in total. The van der Waals surface area contributed by atoms with Gasteiger partial charge in [0.05, 0.1) is 24.1 Å². The summed E-state index contributed by atoms with van der Waals surface area (Å²) in [6.45, 7) is 3.64. The van der Waals surface area contributed by atoms with Crippen LogP contribution in [0.1, 0.15) is 27.8 Å². The number of carbonyl (C=O) groups excluding carboxylic acids is 4. The molecular weight excluding hydrogens is 402 g/mol. The Balaban J connectivity index is 1.41. The minimum absolute atomic E-state index is 0.198. The van der Waals surface area contributed by atoms with E-state index in [-0.39, 0.29) is 18.3 Å². The van der Waals surface area contributed by atoms with Crippen LogP contribution in [0.25, 0.3) is 0 Å². The van der Waals surface area contributed by atoms with Crippen LogP contribution in [0.4, 0.5) is 5.69 Å². The van der Waals surface area contributed by atoms with Crippen LogP contribution in [0, 0.1) is 0 Å². The van der Waals surface area contributed by atoms with Crippen LogP contribution in [0.2, 0.25) is 0 Å². The molecule has 31 heavy (non-hydrogen) atoms. The van der Waals surface area contributed by atoms with Gasteiger partial charge in [-0.15, -0.1) is 0 Å². The summed E-state index contributed by atoms with van der Waals surface area (Å²) in [6, 6.07) is 9.39. The summed E-state index contributed by atoms with van der Waals surface area (Å²) >= 11 is 0. The van der Waals surface area contributed by atoms with Gasteiger partial charge in [0.15, 0.2) is 5.76 Å². The Bertz CT molecular complexity index is 1030. The van der Waals surface area contributed by atoms with Crippen LogP contribution in [0.15, 0.2) is 58.9 Å². The first-order valence-electron chi connectivity index (χ1n) is 9.94. The smallest absolute Gasteiger partial charge is 0.338 e. The lowest BCUT2D eigenvalue weighted by molar-refractivity contribution is -0.121. The van der Waals surface area contributed by atoms with Crippen LogP contribution < -0.4 is 4.90 Å². The van der Waals surface area contributed by atoms with E-state index in [1.165, 1.54) is 24.5 Å². The Hall–Kier alpha value is -3.88. The van der Waals surface area contributed by atoms with Gasteiger partial charge in [-0.2, -0.15) is 0 Å². The van der Waals surface area contributed by atoms with Crippen LogP contribution in [-0.2, 0) is 14.3 Å². The van der Waals surface area contributed by atoms with Crippen molar-refractivity contribution in [3.8, 4) is 0 Å². The number of amides is 3. The number of benzene rings is 1. The van der Waals surface area contributed by atoms with E-state index in [0.29, 0.717) is 43.1 Å². The first-order chi connectivity index (χ1) is 15.0. The number of hydrogen-bond acceptors (Lipinski definition) is 7. The van der Waals surface area contributed by atoms with Crippen molar-refractivity contribution in [1.29, 1.82) is 0 Å². The first-order valence-corrected chi connectivity index (χ1v) is 9.94. The second kappa shape index (κ2) is 8.47. The van der Waals surface area contributed by atoms with Crippen molar-refractivity contribution in [3.63, 3.8) is 0 Å². The van der Waals surface area contributed by atoms with Crippen LogP contribution >= 0.6 is 0 Å². The third-order valence-electron chi connectivity index (χ3n) is 5.18. The van der Waals surface area contributed by atoms with E-state index in [9.17, 15) is 19.2 Å². The number of piperazine rings is 1. The van der Waals surface area contributed by atoms with Crippen molar-refractivity contribution in [3.05, 3.63) is 65.8 Å². The molecule has 0 unspecified atom stereocenters. The number of anilines is 1. The van der Waals surface area contributed by atoms with Gasteiger partial charge in [0.25, 0.3) is 17.7 Å². The van der Waals surface area contributed by atoms with Crippen molar-refractivity contribution in [2.45, 2.75) is 6.92 Å².